The summed E-state index contributed by atoms with van der Waals surface area (Å²) >= 11 is 0. The van der Waals surface area contributed by atoms with E-state index in [0.717, 1.165) is 83.5 Å². The van der Waals surface area contributed by atoms with Gasteiger partial charge >= 0.3 is 23.9 Å². The summed E-state index contributed by atoms with van der Waals surface area (Å²) < 4.78 is 28.4. The summed E-state index contributed by atoms with van der Waals surface area (Å²) in [5.74, 6) is -3.16. The van der Waals surface area contributed by atoms with Crippen LogP contribution in [0, 0.1) is 0 Å². The zero-order valence-corrected chi connectivity index (χ0v) is 49.0. The Morgan fingerprint density at radius 3 is 1.29 bits per heavy atom. The number of aliphatic hydroxyl groups is 2. The Bertz CT molecular complexity index is 1570. The minimum Gasteiger partial charge on any atom is -0.479 e. The zero-order chi connectivity index (χ0) is 56.1. The molecule has 12 nitrogen and oxygen atoms in total. The molecule has 0 bridgehead atoms. The third kappa shape index (κ3) is 43.0. The Balaban J connectivity index is 2.68. The number of hydrogen-bond donors (Lipinski definition) is 3. The zero-order valence-electron chi connectivity index (χ0n) is 49.0. The van der Waals surface area contributed by atoms with E-state index in [2.05, 4.69) is 81.5 Å². The normalized spacial score (nSPS) is 18.4. The van der Waals surface area contributed by atoms with Crippen LogP contribution in [0.5, 0.6) is 0 Å². The van der Waals surface area contributed by atoms with Crippen molar-refractivity contribution in [3.63, 3.8) is 0 Å². The van der Waals surface area contributed by atoms with Crippen molar-refractivity contribution in [3.8, 4) is 0 Å². The summed E-state index contributed by atoms with van der Waals surface area (Å²) in [6.45, 7) is 5.86. The highest BCUT2D eigenvalue weighted by molar-refractivity contribution is 5.74. The number of carboxylic acids is 1. The Morgan fingerprint density at radius 1 is 0.442 bits per heavy atom. The van der Waals surface area contributed by atoms with Crippen molar-refractivity contribution in [2.45, 2.75) is 314 Å². The van der Waals surface area contributed by atoms with Gasteiger partial charge in [-0.1, -0.05) is 236 Å². The van der Waals surface area contributed by atoms with Gasteiger partial charge in [0.05, 0.1) is 6.61 Å². The number of unbranched alkanes of at least 4 members (excludes halogenated alkanes) is 29. The second-order valence-electron chi connectivity index (χ2n) is 21.3. The number of allylic oxidation sites excluding steroid dienone is 10. The number of carboxylic acid groups (broad SMARTS) is 1. The minimum atomic E-state index is -1.91. The standard InChI is InChI=1S/C65H112O12/c1-4-7-10-13-16-19-22-25-27-28-29-30-32-34-36-39-42-45-48-51-57(66)73-54-56(75-58(67)52-49-46-43-40-38-35-31-26-23-20-17-14-11-8-5-2)55-74-65-63(61(70)60(69)62(77-65)64(71)72)76-59(68)53-50-47-44-41-37-33-24-21-18-15-12-9-6-3/h8,11,17,20,25-27,31,38,40,56,60-63,65,69-70H,4-7,9-10,12-16,18-19,21-24,28-30,32-37,39,41-55H2,1-3H3,(H,71,72)/b11-8-,20-17-,27-25-,31-26-,40-38-. The highest BCUT2D eigenvalue weighted by atomic mass is 16.7. The highest BCUT2D eigenvalue weighted by Gasteiger charge is 2.50. The first-order valence-electron chi connectivity index (χ1n) is 31.3. The summed E-state index contributed by atoms with van der Waals surface area (Å²) in [7, 11) is 0. The molecular formula is C65H112O12. The topological polar surface area (TPSA) is 175 Å². The highest BCUT2D eigenvalue weighted by Crippen LogP contribution is 2.27. The van der Waals surface area contributed by atoms with Crippen molar-refractivity contribution < 1.29 is 58.2 Å². The van der Waals surface area contributed by atoms with Crippen LogP contribution in [-0.2, 0) is 42.9 Å². The fourth-order valence-electron chi connectivity index (χ4n) is 9.30. The lowest BCUT2D eigenvalue weighted by Gasteiger charge is -2.40. The fraction of sp³-hybridized carbons (Fsp3) is 0.785. The van der Waals surface area contributed by atoms with Gasteiger partial charge in [-0.25, -0.2) is 4.79 Å². The molecule has 1 fully saturated rings. The van der Waals surface area contributed by atoms with Gasteiger partial charge in [0.15, 0.2) is 24.6 Å². The Morgan fingerprint density at radius 2 is 0.818 bits per heavy atom. The third-order valence-corrected chi connectivity index (χ3v) is 14.1. The first kappa shape index (κ1) is 71.4. The van der Waals surface area contributed by atoms with E-state index in [1.54, 1.807) is 0 Å². The smallest absolute Gasteiger partial charge is 0.335 e. The number of hydrogen-bond acceptors (Lipinski definition) is 11. The minimum absolute atomic E-state index is 0.0578. The van der Waals surface area contributed by atoms with Gasteiger partial charge in [0.2, 0.25) is 0 Å². The maximum absolute atomic E-state index is 13.1. The fourth-order valence-corrected chi connectivity index (χ4v) is 9.30. The number of aliphatic carboxylic acids is 1. The quantitative estimate of drug-likeness (QED) is 0.0228. The van der Waals surface area contributed by atoms with E-state index in [9.17, 15) is 34.5 Å². The average Bonchev–Trinajstić information content (AvgIpc) is 3.41. The van der Waals surface area contributed by atoms with E-state index in [-0.39, 0.29) is 25.9 Å². The van der Waals surface area contributed by atoms with Gasteiger partial charge in [-0.2, -0.15) is 0 Å². The van der Waals surface area contributed by atoms with Gasteiger partial charge in [-0.3, -0.25) is 14.4 Å². The molecule has 0 saturated carbocycles. The number of carbonyl (C=O) groups is 4. The molecule has 0 aromatic heterocycles. The Hall–Kier alpha value is -3.58. The number of esters is 3. The van der Waals surface area contributed by atoms with Crippen LogP contribution in [0.25, 0.3) is 0 Å². The molecule has 1 aliphatic rings. The lowest BCUT2D eigenvalue weighted by atomic mass is 9.98. The first-order valence-corrected chi connectivity index (χ1v) is 31.3. The van der Waals surface area contributed by atoms with Crippen LogP contribution in [0.15, 0.2) is 60.8 Å². The van der Waals surface area contributed by atoms with Crippen molar-refractivity contribution in [1.82, 2.24) is 0 Å². The summed E-state index contributed by atoms with van der Waals surface area (Å²) in [6.07, 6.45) is 53.4. The maximum Gasteiger partial charge on any atom is 0.335 e. The molecule has 1 saturated heterocycles. The molecule has 6 unspecified atom stereocenters. The van der Waals surface area contributed by atoms with E-state index < -0.39 is 67.3 Å². The van der Waals surface area contributed by atoms with Gasteiger partial charge in [-0.15, -0.1) is 0 Å². The Kier molecular flexibility index (Phi) is 49.2. The van der Waals surface area contributed by atoms with E-state index >= 15 is 0 Å². The van der Waals surface area contributed by atoms with Crippen LogP contribution in [0.1, 0.15) is 278 Å². The molecule has 0 aromatic carbocycles. The van der Waals surface area contributed by atoms with E-state index in [4.69, 9.17) is 23.7 Å². The number of carbonyl (C=O) groups excluding carboxylic acids is 3. The monoisotopic (exact) mass is 1080 g/mol. The van der Waals surface area contributed by atoms with Crippen LogP contribution in [0.2, 0.25) is 0 Å². The third-order valence-electron chi connectivity index (χ3n) is 14.1. The van der Waals surface area contributed by atoms with E-state index in [0.29, 0.717) is 19.3 Å². The number of aliphatic hydroxyl groups excluding tert-OH is 2. The molecule has 0 radical (unpaired) electrons. The number of rotatable bonds is 53. The first-order chi connectivity index (χ1) is 37.6. The summed E-state index contributed by atoms with van der Waals surface area (Å²) in [4.78, 5) is 51.2. The van der Waals surface area contributed by atoms with Gasteiger partial charge in [0.1, 0.15) is 18.8 Å². The van der Waals surface area contributed by atoms with Gasteiger partial charge < -0.3 is 39.0 Å². The van der Waals surface area contributed by atoms with Crippen LogP contribution < -0.4 is 0 Å². The lowest BCUT2D eigenvalue weighted by molar-refractivity contribution is -0.301. The summed E-state index contributed by atoms with van der Waals surface area (Å²) in [6, 6.07) is 0. The second kappa shape index (κ2) is 53.1. The maximum atomic E-state index is 13.1. The van der Waals surface area contributed by atoms with Crippen molar-refractivity contribution in [1.29, 1.82) is 0 Å². The van der Waals surface area contributed by atoms with Crippen LogP contribution in [0.3, 0.4) is 0 Å². The largest absolute Gasteiger partial charge is 0.479 e. The van der Waals surface area contributed by atoms with Crippen molar-refractivity contribution in [3.05, 3.63) is 60.8 Å². The molecule has 0 amide bonds. The molecule has 0 aromatic rings. The van der Waals surface area contributed by atoms with Crippen LogP contribution >= 0.6 is 0 Å². The van der Waals surface area contributed by atoms with E-state index in [1.165, 1.54) is 135 Å². The number of ether oxygens (including phenoxy) is 5. The molecule has 1 rings (SSSR count). The predicted octanol–water partition coefficient (Wildman–Crippen LogP) is 16.3. The Labute approximate surface area is 468 Å². The average molecular weight is 1090 g/mol. The van der Waals surface area contributed by atoms with E-state index in [1.807, 2.05) is 0 Å². The van der Waals surface area contributed by atoms with Crippen LogP contribution in [0.4, 0.5) is 0 Å². The van der Waals surface area contributed by atoms with Crippen molar-refractivity contribution >= 4 is 23.9 Å². The molecule has 0 aliphatic carbocycles. The molecular weight excluding hydrogens is 973 g/mol. The van der Waals surface area contributed by atoms with Crippen molar-refractivity contribution in [2.75, 3.05) is 13.2 Å². The van der Waals surface area contributed by atoms with Crippen molar-refractivity contribution in [2.24, 2.45) is 0 Å². The van der Waals surface area contributed by atoms with Gasteiger partial charge in [-0.05, 0) is 83.5 Å². The molecule has 1 aliphatic heterocycles. The SMILES string of the molecule is CC/C=C\C/C=C\C/C=C\C/C=C\CCCCC(=O)OC(COC(=O)CCCCCCCCCCC/C=C\CCCCCCCC)COC1OC(C(=O)O)C(O)C(O)C1OC(=O)CCCCCCCCCCCCCCC. The second-order valence-corrected chi connectivity index (χ2v) is 21.3. The van der Waals surface area contributed by atoms with Gasteiger partial charge in [0, 0.05) is 19.3 Å². The predicted molar refractivity (Wildman–Crippen MR) is 312 cm³/mol. The van der Waals surface area contributed by atoms with Crippen LogP contribution in [-0.4, -0.2) is 89.2 Å². The lowest BCUT2D eigenvalue weighted by Crippen LogP contribution is -2.61. The summed E-state index contributed by atoms with van der Waals surface area (Å²) in [5.41, 5.74) is 0. The molecule has 12 heteroatoms. The molecule has 3 N–H and O–H groups in total. The molecule has 444 valence electrons. The molecule has 1 heterocycles. The molecule has 6 atom stereocenters. The summed E-state index contributed by atoms with van der Waals surface area (Å²) in [5, 5.41) is 31.5. The van der Waals surface area contributed by atoms with Gasteiger partial charge in [0.25, 0.3) is 0 Å². The molecule has 77 heavy (non-hydrogen) atoms. The molecule has 0 spiro atoms.